The number of aromatic nitrogens is 5. The normalized spacial score (nSPS) is 12.5. The molecule has 146 valence electrons. The fraction of sp³-hybridized carbons (Fsp3) is 0.278. The minimum atomic E-state index is -3.50. The summed E-state index contributed by atoms with van der Waals surface area (Å²) < 4.78 is 26.0. The summed E-state index contributed by atoms with van der Waals surface area (Å²) in [4.78, 5) is 20.8. The summed E-state index contributed by atoms with van der Waals surface area (Å²) in [5, 5.41) is 10.9. The molecule has 1 N–H and O–H groups in total. The van der Waals surface area contributed by atoms with Crippen molar-refractivity contribution in [2.24, 2.45) is 0 Å². The molecule has 0 saturated carbocycles. The molecule has 28 heavy (non-hydrogen) atoms. The molecular weight excluding hydrogens is 380 g/mol. The average molecular weight is 400 g/mol. The predicted molar refractivity (Wildman–Crippen MR) is 102 cm³/mol. The van der Waals surface area contributed by atoms with Gasteiger partial charge in [-0.2, -0.15) is 0 Å². The Labute approximate surface area is 162 Å². The zero-order chi connectivity index (χ0) is 20.1. The second-order valence-electron chi connectivity index (χ2n) is 6.19. The molecule has 9 nitrogen and oxygen atoms in total. The van der Waals surface area contributed by atoms with Gasteiger partial charge in [0.25, 0.3) is 5.91 Å². The number of nitrogens with one attached hydrogen (secondary N) is 1. The number of hydrogen-bond donors (Lipinski definition) is 1. The zero-order valence-electron chi connectivity index (χ0n) is 15.5. The topological polar surface area (TPSA) is 120 Å². The van der Waals surface area contributed by atoms with Crippen molar-refractivity contribution in [3.8, 4) is 11.4 Å². The second kappa shape index (κ2) is 8.26. The molecule has 2 aromatic heterocycles. The predicted octanol–water partition coefficient (Wildman–Crippen LogP) is 1.35. The summed E-state index contributed by atoms with van der Waals surface area (Å²) in [6, 6.07) is 5.89. The molecule has 0 aliphatic carbocycles. The minimum Gasteiger partial charge on any atom is -0.348 e. The van der Waals surface area contributed by atoms with E-state index >= 15 is 0 Å². The van der Waals surface area contributed by atoms with Gasteiger partial charge in [-0.25, -0.2) is 13.1 Å². The van der Waals surface area contributed by atoms with E-state index in [1.165, 1.54) is 12.1 Å². The summed E-state index contributed by atoms with van der Waals surface area (Å²) in [5.41, 5.74) is 1.31. The van der Waals surface area contributed by atoms with Gasteiger partial charge in [-0.05, 0) is 19.1 Å². The number of amides is 1. The Balaban J connectivity index is 1.70. The van der Waals surface area contributed by atoms with E-state index in [2.05, 4.69) is 25.6 Å². The molecule has 1 atom stereocenters. The third-order valence-corrected chi connectivity index (χ3v) is 5.84. The summed E-state index contributed by atoms with van der Waals surface area (Å²) in [6.45, 7) is 3.71. The highest BCUT2D eigenvalue weighted by atomic mass is 32.2. The first-order chi connectivity index (χ1) is 13.4. The number of carbonyl (C=O) groups excluding carboxylic acids is 1. The summed E-state index contributed by atoms with van der Waals surface area (Å²) >= 11 is 0. The molecule has 0 aliphatic heterocycles. The van der Waals surface area contributed by atoms with Gasteiger partial charge in [0.1, 0.15) is 11.4 Å². The van der Waals surface area contributed by atoms with Crippen molar-refractivity contribution in [1.29, 1.82) is 0 Å². The van der Waals surface area contributed by atoms with Gasteiger partial charge in [0.05, 0.1) is 35.2 Å². The SMILES string of the molecule is CCS(=O)(=O)c1ccccc1C(=O)NC(C)Cn1cc(-c2cnccn2)nn1. The molecular formula is C18H20N6O3S. The van der Waals surface area contributed by atoms with E-state index < -0.39 is 15.7 Å². The van der Waals surface area contributed by atoms with Crippen LogP contribution >= 0.6 is 0 Å². The molecule has 2 heterocycles. The van der Waals surface area contributed by atoms with Gasteiger partial charge >= 0.3 is 0 Å². The molecule has 0 aliphatic rings. The van der Waals surface area contributed by atoms with Crippen molar-refractivity contribution in [2.45, 2.75) is 31.3 Å². The van der Waals surface area contributed by atoms with E-state index in [1.54, 1.807) is 55.4 Å². The number of sulfone groups is 1. The molecule has 0 radical (unpaired) electrons. The molecule has 0 saturated heterocycles. The monoisotopic (exact) mass is 400 g/mol. The third kappa shape index (κ3) is 4.39. The van der Waals surface area contributed by atoms with Crippen molar-refractivity contribution in [2.75, 3.05) is 5.75 Å². The number of benzene rings is 1. The Hall–Kier alpha value is -3.14. The molecule has 3 aromatic rings. The lowest BCUT2D eigenvalue weighted by molar-refractivity contribution is 0.0932. The lowest BCUT2D eigenvalue weighted by Gasteiger charge is -2.15. The lowest BCUT2D eigenvalue weighted by Crippen LogP contribution is -2.36. The van der Waals surface area contributed by atoms with Crippen LogP contribution in [0, 0.1) is 0 Å². The third-order valence-electron chi connectivity index (χ3n) is 4.05. The maximum absolute atomic E-state index is 12.6. The first kappa shape index (κ1) is 19.6. The highest BCUT2D eigenvalue weighted by Gasteiger charge is 2.21. The molecule has 10 heteroatoms. The molecule has 3 rings (SSSR count). The van der Waals surface area contributed by atoms with E-state index in [-0.39, 0.29) is 22.3 Å². The van der Waals surface area contributed by atoms with Crippen LogP contribution in [0.15, 0.2) is 53.9 Å². The maximum atomic E-state index is 12.6. The summed E-state index contributed by atoms with van der Waals surface area (Å²) in [7, 11) is -3.50. The van der Waals surface area contributed by atoms with E-state index in [0.29, 0.717) is 17.9 Å². The Morgan fingerprint density at radius 2 is 2.00 bits per heavy atom. The number of carbonyl (C=O) groups is 1. The van der Waals surface area contributed by atoms with Gasteiger partial charge in [-0.3, -0.25) is 14.8 Å². The van der Waals surface area contributed by atoms with Gasteiger partial charge < -0.3 is 5.32 Å². The van der Waals surface area contributed by atoms with Gasteiger partial charge in [0.15, 0.2) is 9.84 Å². The first-order valence-electron chi connectivity index (χ1n) is 8.70. The number of rotatable bonds is 7. The van der Waals surface area contributed by atoms with Crippen molar-refractivity contribution in [3.05, 3.63) is 54.6 Å². The van der Waals surface area contributed by atoms with Crippen LogP contribution in [0.3, 0.4) is 0 Å². The summed E-state index contributed by atoms with van der Waals surface area (Å²) in [5.74, 6) is -0.522. The van der Waals surface area contributed by atoms with Crippen LogP contribution < -0.4 is 5.32 Å². The van der Waals surface area contributed by atoms with Crippen molar-refractivity contribution in [1.82, 2.24) is 30.3 Å². The standard InChI is InChI=1S/C18H20N6O3S/c1-3-28(26,27)17-7-5-4-6-14(17)18(25)21-13(2)11-24-12-16(22-23-24)15-10-19-8-9-20-15/h4-10,12-13H,3,11H2,1-2H3,(H,21,25). The van der Waals surface area contributed by atoms with Gasteiger partial charge in [0, 0.05) is 18.4 Å². The Morgan fingerprint density at radius 1 is 1.21 bits per heavy atom. The largest absolute Gasteiger partial charge is 0.348 e. The second-order valence-corrected chi connectivity index (χ2v) is 8.44. The molecule has 0 fully saturated rings. The highest BCUT2D eigenvalue weighted by Crippen LogP contribution is 2.17. The van der Waals surface area contributed by atoms with E-state index in [1.807, 2.05) is 0 Å². The number of nitrogens with zero attached hydrogens (tertiary/aromatic N) is 5. The van der Waals surface area contributed by atoms with Gasteiger partial charge in [-0.15, -0.1) is 5.10 Å². The van der Waals surface area contributed by atoms with E-state index in [9.17, 15) is 13.2 Å². The maximum Gasteiger partial charge on any atom is 0.252 e. The summed E-state index contributed by atoms with van der Waals surface area (Å²) in [6.07, 6.45) is 6.44. The molecule has 1 aromatic carbocycles. The fourth-order valence-corrected chi connectivity index (χ4v) is 3.74. The van der Waals surface area contributed by atoms with Crippen LogP contribution in [0.25, 0.3) is 11.4 Å². The van der Waals surface area contributed by atoms with Crippen LogP contribution in [0.1, 0.15) is 24.2 Å². The molecule has 0 bridgehead atoms. The average Bonchev–Trinajstić information content (AvgIpc) is 3.17. The van der Waals surface area contributed by atoms with Crippen LogP contribution in [0.4, 0.5) is 0 Å². The molecule has 1 amide bonds. The molecule has 0 spiro atoms. The Bertz CT molecular complexity index is 1070. The Kier molecular flexibility index (Phi) is 5.78. The smallest absolute Gasteiger partial charge is 0.252 e. The van der Waals surface area contributed by atoms with Crippen LogP contribution in [-0.2, 0) is 16.4 Å². The van der Waals surface area contributed by atoms with Crippen molar-refractivity contribution in [3.63, 3.8) is 0 Å². The fourth-order valence-electron chi connectivity index (χ4n) is 2.65. The molecule has 1 unspecified atom stereocenters. The van der Waals surface area contributed by atoms with E-state index in [4.69, 9.17) is 0 Å². The van der Waals surface area contributed by atoms with Gasteiger partial charge in [-0.1, -0.05) is 24.3 Å². The van der Waals surface area contributed by atoms with E-state index in [0.717, 1.165) is 0 Å². The number of hydrogen-bond acceptors (Lipinski definition) is 7. The highest BCUT2D eigenvalue weighted by molar-refractivity contribution is 7.91. The van der Waals surface area contributed by atoms with Crippen LogP contribution in [0.2, 0.25) is 0 Å². The zero-order valence-corrected chi connectivity index (χ0v) is 16.3. The van der Waals surface area contributed by atoms with Crippen molar-refractivity contribution >= 4 is 15.7 Å². The lowest BCUT2D eigenvalue weighted by atomic mass is 10.2. The van der Waals surface area contributed by atoms with Crippen LogP contribution in [0.5, 0.6) is 0 Å². The Morgan fingerprint density at radius 3 is 2.71 bits per heavy atom. The minimum absolute atomic E-state index is 0.0351. The van der Waals surface area contributed by atoms with Crippen LogP contribution in [-0.4, -0.2) is 51.1 Å². The van der Waals surface area contributed by atoms with Gasteiger partial charge in [0.2, 0.25) is 0 Å². The quantitative estimate of drug-likeness (QED) is 0.635. The first-order valence-corrected chi connectivity index (χ1v) is 10.3. The van der Waals surface area contributed by atoms with Crippen molar-refractivity contribution < 1.29 is 13.2 Å².